The third kappa shape index (κ3) is 4.60. The number of carbonyl (C=O) groups is 1. The van der Waals surface area contributed by atoms with E-state index in [4.69, 9.17) is 27.8 Å². The number of halogens is 1. The van der Waals surface area contributed by atoms with Crippen molar-refractivity contribution in [3.63, 3.8) is 0 Å². The van der Waals surface area contributed by atoms with Crippen LogP contribution in [-0.2, 0) is 0 Å². The average Bonchev–Trinajstić information content (AvgIpc) is 2.48. The molecule has 4 N–H and O–H groups in total. The van der Waals surface area contributed by atoms with Crippen molar-refractivity contribution in [2.24, 2.45) is 21.7 Å². The molecule has 0 bridgehead atoms. The summed E-state index contributed by atoms with van der Waals surface area (Å²) in [4.78, 5) is 11.9. The van der Waals surface area contributed by atoms with Gasteiger partial charge in [0.25, 0.3) is 0 Å². The van der Waals surface area contributed by atoms with E-state index in [2.05, 4.69) is 10.2 Å². The van der Waals surface area contributed by atoms with Crippen LogP contribution in [0.25, 0.3) is 0 Å². The quantitative estimate of drug-likeness (QED) is 0.296. The highest BCUT2D eigenvalue weighted by molar-refractivity contribution is 6.30. The minimum atomic E-state index is -0.482. The summed E-state index contributed by atoms with van der Waals surface area (Å²) in [5, 5.41) is 7.63. The van der Waals surface area contributed by atoms with Crippen LogP contribution in [0, 0.1) is 0 Å². The molecule has 0 spiro atoms. The maximum absolute atomic E-state index is 11.9. The molecule has 0 aliphatic carbocycles. The third-order valence-electron chi connectivity index (χ3n) is 2.53. The summed E-state index contributed by atoms with van der Waals surface area (Å²) in [6.07, 6.45) is 1.47. The topological polar surface area (TPSA) is 103 Å². The number of nitrogens with zero attached hydrogens (tertiary/aromatic N) is 2. The smallest absolute Gasteiger partial charge is 0.343 e. The lowest BCUT2D eigenvalue weighted by atomic mass is 10.2. The molecule has 0 atom stereocenters. The van der Waals surface area contributed by atoms with Gasteiger partial charge in [0.05, 0.1) is 11.8 Å². The first-order chi connectivity index (χ1) is 10.5. The standard InChI is InChI=1S/C15H13ClN4O2/c16-12-3-1-2-11(8-12)14(21)22-13-6-4-10(5-7-13)9-19-20-15(17)18/h1-9H,(H4,17,18,20)/b19-9-. The van der Waals surface area contributed by atoms with Crippen molar-refractivity contribution >= 4 is 29.7 Å². The SMILES string of the molecule is NC(N)=N/N=C\c1ccc(OC(=O)c2cccc(Cl)c2)cc1. The van der Waals surface area contributed by atoms with E-state index >= 15 is 0 Å². The molecule has 0 heterocycles. The normalized spacial score (nSPS) is 10.4. The van der Waals surface area contributed by atoms with Gasteiger partial charge in [-0.05, 0) is 48.0 Å². The highest BCUT2D eigenvalue weighted by Crippen LogP contribution is 2.16. The van der Waals surface area contributed by atoms with Crippen LogP contribution in [0.15, 0.2) is 58.7 Å². The summed E-state index contributed by atoms with van der Waals surface area (Å²) < 4.78 is 5.24. The first-order valence-corrected chi connectivity index (χ1v) is 6.62. The van der Waals surface area contributed by atoms with Crippen LogP contribution in [0.4, 0.5) is 0 Å². The van der Waals surface area contributed by atoms with Gasteiger partial charge in [0.1, 0.15) is 5.75 Å². The van der Waals surface area contributed by atoms with Gasteiger partial charge in [0.15, 0.2) is 0 Å². The first kappa shape index (κ1) is 15.5. The zero-order valence-corrected chi connectivity index (χ0v) is 12.2. The number of ether oxygens (including phenoxy) is 1. The van der Waals surface area contributed by atoms with Crippen molar-refractivity contribution in [3.05, 3.63) is 64.7 Å². The largest absolute Gasteiger partial charge is 0.423 e. The Bertz CT molecular complexity index is 723. The molecule has 6 nitrogen and oxygen atoms in total. The number of nitrogens with two attached hydrogens (primary N) is 2. The van der Waals surface area contributed by atoms with Gasteiger partial charge >= 0.3 is 5.97 Å². The second kappa shape index (κ2) is 7.24. The highest BCUT2D eigenvalue weighted by Gasteiger charge is 2.08. The molecule has 0 fully saturated rings. The van der Waals surface area contributed by atoms with E-state index in [1.165, 1.54) is 6.21 Å². The minimum absolute atomic E-state index is 0.122. The predicted molar refractivity (Wildman–Crippen MR) is 86.3 cm³/mol. The predicted octanol–water partition coefficient (Wildman–Crippen LogP) is 2.17. The van der Waals surface area contributed by atoms with E-state index in [9.17, 15) is 4.79 Å². The van der Waals surface area contributed by atoms with E-state index in [-0.39, 0.29) is 5.96 Å². The Morgan fingerprint density at radius 2 is 1.86 bits per heavy atom. The molecular weight excluding hydrogens is 304 g/mol. The molecule has 112 valence electrons. The fourth-order valence-electron chi connectivity index (χ4n) is 1.57. The van der Waals surface area contributed by atoms with Gasteiger partial charge in [0.2, 0.25) is 5.96 Å². The monoisotopic (exact) mass is 316 g/mol. The lowest BCUT2D eigenvalue weighted by Crippen LogP contribution is -2.21. The molecule has 0 aliphatic rings. The summed E-state index contributed by atoms with van der Waals surface area (Å²) in [7, 11) is 0. The molecular formula is C15H13ClN4O2. The fourth-order valence-corrected chi connectivity index (χ4v) is 1.76. The van der Waals surface area contributed by atoms with E-state index < -0.39 is 5.97 Å². The molecule has 2 aromatic rings. The molecule has 7 heteroatoms. The molecule has 0 amide bonds. The van der Waals surface area contributed by atoms with Crippen molar-refractivity contribution < 1.29 is 9.53 Å². The number of esters is 1. The van der Waals surface area contributed by atoms with Crippen LogP contribution in [0.5, 0.6) is 5.75 Å². The maximum Gasteiger partial charge on any atom is 0.343 e. The Labute approximate surface area is 132 Å². The summed E-state index contributed by atoms with van der Waals surface area (Å²) in [5.74, 6) is -0.197. The second-order valence-electron chi connectivity index (χ2n) is 4.24. The molecule has 0 unspecified atom stereocenters. The first-order valence-electron chi connectivity index (χ1n) is 6.24. The Hall–Kier alpha value is -2.86. The second-order valence-corrected chi connectivity index (χ2v) is 4.67. The molecule has 2 rings (SSSR count). The summed E-state index contributed by atoms with van der Waals surface area (Å²) >= 11 is 5.83. The van der Waals surface area contributed by atoms with Crippen LogP contribution in [0.2, 0.25) is 5.02 Å². The Kier molecular flexibility index (Phi) is 5.11. The number of benzene rings is 2. The van der Waals surface area contributed by atoms with Gasteiger partial charge in [0, 0.05) is 5.02 Å². The van der Waals surface area contributed by atoms with Crippen LogP contribution in [0.3, 0.4) is 0 Å². The van der Waals surface area contributed by atoms with Gasteiger partial charge in [-0.2, -0.15) is 5.10 Å². The summed E-state index contributed by atoms with van der Waals surface area (Å²) in [5.41, 5.74) is 11.4. The van der Waals surface area contributed by atoms with Crippen molar-refractivity contribution in [2.45, 2.75) is 0 Å². The number of carbonyl (C=O) groups excluding carboxylic acids is 1. The van der Waals surface area contributed by atoms with Crippen molar-refractivity contribution in [1.82, 2.24) is 0 Å². The molecule has 0 saturated heterocycles. The molecule has 22 heavy (non-hydrogen) atoms. The summed E-state index contributed by atoms with van der Waals surface area (Å²) in [6.45, 7) is 0. The van der Waals surface area contributed by atoms with Crippen molar-refractivity contribution in [3.8, 4) is 5.75 Å². The number of guanidine groups is 1. The van der Waals surface area contributed by atoms with Crippen molar-refractivity contribution in [2.75, 3.05) is 0 Å². The third-order valence-corrected chi connectivity index (χ3v) is 2.77. The van der Waals surface area contributed by atoms with Gasteiger partial charge < -0.3 is 16.2 Å². The zero-order chi connectivity index (χ0) is 15.9. The highest BCUT2D eigenvalue weighted by atomic mass is 35.5. The Morgan fingerprint density at radius 3 is 2.50 bits per heavy atom. The van der Waals surface area contributed by atoms with Crippen LogP contribution >= 0.6 is 11.6 Å². The molecule has 0 radical (unpaired) electrons. The number of hydrogen-bond donors (Lipinski definition) is 2. The van der Waals surface area contributed by atoms with E-state index in [1.807, 2.05) is 0 Å². The molecule has 0 saturated carbocycles. The lowest BCUT2D eigenvalue weighted by Gasteiger charge is -2.04. The maximum atomic E-state index is 11.9. The van der Waals surface area contributed by atoms with Gasteiger partial charge in [-0.3, -0.25) is 0 Å². The van der Waals surface area contributed by atoms with Gasteiger partial charge in [-0.25, -0.2) is 4.79 Å². The van der Waals surface area contributed by atoms with Crippen LogP contribution < -0.4 is 16.2 Å². The van der Waals surface area contributed by atoms with Gasteiger partial charge in [-0.1, -0.05) is 17.7 Å². The number of rotatable bonds is 4. The van der Waals surface area contributed by atoms with Crippen LogP contribution in [0.1, 0.15) is 15.9 Å². The average molecular weight is 317 g/mol. The van der Waals surface area contributed by atoms with Crippen LogP contribution in [-0.4, -0.2) is 18.1 Å². The number of hydrogen-bond acceptors (Lipinski definition) is 4. The zero-order valence-electron chi connectivity index (χ0n) is 11.4. The van der Waals surface area contributed by atoms with E-state index in [1.54, 1.807) is 48.5 Å². The fraction of sp³-hybridized carbons (Fsp3) is 0. The lowest BCUT2D eigenvalue weighted by molar-refractivity contribution is 0.0735. The minimum Gasteiger partial charge on any atom is -0.423 e. The van der Waals surface area contributed by atoms with E-state index in [0.717, 1.165) is 5.56 Å². The molecule has 2 aromatic carbocycles. The molecule has 0 aromatic heterocycles. The molecule has 0 aliphatic heterocycles. The Balaban J connectivity index is 2.03. The van der Waals surface area contributed by atoms with Crippen molar-refractivity contribution in [1.29, 1.82) is 0 Å². The summed E-state index contributed by atoms with van der Waals surface area (Å²) in [6, 6.07) is 13.2. The van der Waals surface area contributed by atoms with E-state index in [0.29, 0.717) is 16.3 Å². The van der Waals surface area contributed by atoms with Gasteiger partial charge in [-0.15, -0.1) is 5.10 Å². The Morgan fingerprint density at radius 1 is 1.14 bits per heavy atom.